The number of halogens is 6. The lowest BCUT2D eigenvalue weighted by atomic mass is 10.1. The second kappa shape index (κ2) is 8.72. The molecule has 0 aliphatic heterocycles. The fourth-order valence-electron chi connectivity index (χ4n) is 1.84. The van der Waals surface area contributed by atoms with E-state index in [-0.39, 0.29) is 24.1 Å². The van der Waals surface area contributed by atoms with Crippen LogP contribution in [0.2, 0.25) is 0 Å². The molecular weight excluding hydrogens is 453 g/mol. The zero-order valence-corrected chi connectivity index (χ0v) is 17.0. The highest BCUT2D eigenvalue weighted by molar-refractivity contribution is 6.67. The van der Waals surface area contributed by atoms with E-state index in [4.69, 9.17) is 74.7 Å². The molecule has 25 heavy (non-hydrogen) atoms. The number of benzene rings is 1. The van der Waals surface area contributed by atoms with Gasteiger partial charge in [0.1, 0.15) is 0 Å². The second-order valence-electron chi connectivity index (χ2n) is 4.90. The standard InChI is InChI=1S/C14H12Cl6N4O/c15-13(16,17)11-22-10(23-12(24-11)14(18,19)20)9-3-1-8(2-4-9)7-21-5-6-25/h1-4,21,25H,5-7H2. The third-order valence-electron chi connectivity index (χ3n) is 2.97. The highest BCUT2D eigenvalue weighted by Gasteiger charge is 2.33. The van der Waals surface area contributed by atoms with E-state index < -0.39 is 7.59 Å². The van der Waals surface area contributed by atoms with Crippen LogP contribution >= 0.6 is 69.6 Å². The molecule has 5 nitrogen and oxygen atoms in total. The summed E-state index contributed by atoms with van der Waals surface area (Å²) in [6.45, 7) is 1.19. The first-order valence-electron chi connectivity index (χ1n) is 6.92. The summed E-state index contributed by atoms with van der Waals surface area (Å²) in [5.74, 6) is -0.0671. The minimum atomic E-state index is -1.89. The van der Waals surface area contributed by atoms with Crippen LogP contribution in [0.25, 0.3) is 11.4 Å². The van der Waals surface area contributed by atoms with Crippen molar-refractivity contribution in [3.8, 4) is 11.4 Å². The number of aliphatic hydroxyl groups is 1. The maximum Gasteiger partial charge on any atom is 0.250 e. The van der Waals surface area contributed by atoms with Gasteiger partial charge in [-0.2, -0.15) is 0 Å². The molecule has 1 aromatic heterocycles. The first-order valence-corrected chi connectivity index (χ1v) is 9.19. The summed E-state index contributed by atoms with van der Waals surface area (Å²) in [5, 5.41) is 11.8. The largest absolute Gasteiger partial charge is 0.395 e. The van der Waals surface area contributed by atoms with Gasteiger partial charge in [-0.15, -0.1) is 0 Å². The van der Waals surface area contributed by atoms with Gasteiger partial charge in [-0.25, -0.2) is 15.0 Å². The van der Waals surface area contributed by atoms with Crippen LogP contribution in [-0.4, -0.2) is 33.2 Å². The average molecular weight is 465 g/mol. The van der Waals surface area contributed by atoms with Crippen LogP contribution < -0.4 is 5.32 Å². The van der Waals surface area contributed by atoms with Gasteiger partial charge in [-0.3, -0.25) is 0 Å². The fourth-order valence-corrected chi connectivity index (χ4v) is 2.35. The van der Waals surface area contributed by atoms with Crippen molar-refractivity contribution in [1.82, 2.24) is 20.3 Å². The minimum absolute atomic E-state index is 0.0720. The third kappa shape index (κ3) is 6.22. The number of hydrogen-bond acceptors (Lipinski definition) is 5. The van der Waals surface area contributed by atoms with E-state index in [1.54, 1.807) is 12.1 Å². The van der Waals surface area contributed by atoms with Gasteiger partial charge in [0, 0.05) is 18.7 Å². The molecule has 0 saturated carbocycles. The van der Waals surface area contributed by atoms with Gasteiger partial charge in [0.15, 0.2) is 17.5 Å². The topological polar surface area (TPSA) is 70.9 Å². The van der Waals surface area contributed by atoms with E-state index in [1.807, 2.05) is 12.1 Å². The molecule has 0 aliphatic carbocycles. The SMILES string of the molecule is OCCNCc1ccc(-c2nc(C(Cl)(Cl)Cl)nc(C(Cl)(Cl)Cl)n2)cc1. The quantitative estimate of drug-likeness (QED) is 0.510. The molecule has 2 N–H and O–H groups in total. The molecule has 0 amide bonds. The Labute approximate surface area is 174 Å². The molecule has 0 atom stereocenters. The van der Waals surface area contributed by atoms with Crippen LogP contribution in [-0.2, 0) is 14.1 Å². The van der Waals surface area contributed by atoms with Crippen LogP contribution in [0.15, 0.2) is 24.3 Å². The van der Waals surface area contributed by atoms with E-state index in [9.17, 15) is 0 Å². The number of alkyl halides is 6. The number of nitrogens with zero attached hydrogens (tertiary/aromatic N) is 3. The molecule has 1 heterocycles. The van der Waals surface area contributed by atoms with Crippen molar-refractivity contribution < 1.29 is 5.11 Å². The lowest BCUT2D eigenvalue weighted by Crippen LogP contribution is -2.17. The highest BCUT2D eigenvalue weighted by atomic mass is 35.6. The van der Waals surface area contributed by atoms with E-state index in [0.29, 0.717) is 18.7 Å². The van der Waals surface area contributed by atoms with Gasteiger partial charge in [0.25, 0.3) is 0 Å². The van der Waals surface area contributed by atoms with Crippen molar-refractivity contribution in [2.45, 2.75) is 14.1 Å². The molecule has 0 spiro atoms. The van der Waals surface area contributed by atoms with Crippen molar-refractivity contribution in [1.29, 1.82) is 0 Å². The molecule has 0 saturated heterocycles. The first kappa shape index (κ1) is 21.2. The maximum absolute atomic E-state index is 8.77. The first-order chi connectivity index (χ1) is 11.6. The van der Waals surface area contributed by atoms with E-state index >= 15 is 0 Å². The van der Waals surface area contributed by atoms with E-state index in [2.05, 4.69) is 20.3 Å². The zero-order chi connectivity index (χ0) is 18.7. The summed E-state index contributed by atoms with van der Waals surface area (Å²) in [6.07, 6.45) is 0. The Balaban J connectivity index is 2.37. The summed E-state index contributed by atoms with van der Waals surface area (Å²) in [6, 6.07) is 7.31. The Kier molecular flexibility index (Phi) is 7.39. The van der Waals surface area contributed by atoms with E-state index in [0.717, 1.165) is 5.56 Å². The lowest BCUT2D eigenvalue weighted by Gasteiger charge is -2.15. The maximum atomic E-state index is 8.77. The highest BCUT2D eigenvalue weighted by Crippen LogP contribution is 2.40. The van der Waals surface area contributed by atoms with Crippen LogP contribution in [0.3, 0.4) is 0 Å². The molecule has 0 unspecified atom stereocenters. The van der Waals surface area contributed by atoms with Gasteiger partial charge in [-0.1, -0.05) is 93.9 Å². The molecule has 136 valence electrons. The normalized spacial score (nSPS) is 12.4. The average Bonchev–Trinajstić information content (AvgIpc) is 2.54. The summed E-state index contributed by atoms with van der Waals surface area (Å²) in [4.78, 5) is 12.2. The lowest BCUT2D eigenvalue weighted by molar-refractivity contribution is 0.292. The van der Waals surface area contributed by atoms with Crippen LogP contribution in [0.4, 0.5) is 0 Å². The van der Waals surface area contributed by atoms with Crippen molar-refractivity contribution >= 4 is 69.6 Å². The number of aliphatic hydroxyl groups excluding tert-OH is 1. The Hall–Kier alpha value is -0.110. The van der Waals surface area contributed by atoms with Gasteiger partial charge in [-0.05, 0) is 5.56 Å². The molecule has 1 aromatic carbocycles. The number of nitrogens with one attached hydrogen (secondary N) is 1. The third-order valence-corrected chi connectivity index (χ3v) is 3.99. The molecule has 2 rings (SSSR count). The molecule has 0 bridgehead atoms. The minimum Gasteiger partial charge on any atom is -0.395 e. The van der Waals surface area contributed by atoms with Gasteiger partial charge in [0.2, 0.25) is 7.59 Å². The monoisotopic (exact) mass is 462 g/mol. The van der Waals surface area contributed by atoms with Crippen molar-refractivity contribution in [2.24, 2.45) is 0 Å². The Bertz CT molecular complexity index is 682. The summed E-state index contributed by atoms with van der Waals surface area (Å²) in [5.41, 5.74) is 1.65. The second-order valence-corrected chi connectivity index (χ2v) is 9.46. The van der Waals surface area contributed by atoms with Gasteiger partial charge in [0.05, 0.1) is 6.61 Å². The Morgan fingerprint density at radius 3 is 1.80 bits per heavy atom. The Morgan fingerprint density at radius 2 is 1.36 bits per heavy atom. The fraction of sp³-hybridized carbons (Fsp3) is 0.357. The zero-order valence-electron chi connectivity index (χ0n) is 12.5. The Morgan fingerprint density at radius 1 is 0.840 bits per heavy atom. The predicted octanol–water partition coefficient (Wildman–Crippen LogP) is 4.27. The number of aromatic nitrogens is 3. The predicted molar refractivity (Wildman–Crippen MR) is 103 cm³/mol. The molecule has 2 aromatic rings. The smallest absolute Gasteiger partial charge is 0.250 e. The molecular formula is C14H12Cl6N4O. The van der Waals surface area contributed by atoms with Gasteiger partial charge >= 0.3 is 0 Å². The summed E-state index contributed by atoms with van der Waals surface area (Å²) in [7, 11) is 0. The number of rotatable bonds is 5. The van der Waals surface area contributed by atoms with Crippen LogP contribution in [0.5, 0.6) is 0 Å². The molecule has 0 radical (unpaired) electrons. The van der Waals surface area contributed by atoms with Crippen molar-refractivity contribution in [3.63, 3.8) is 0 Å². The summed E-state index contributed by atoms with van der Waals surface area (Å²) < 4.78 is -3.78. The molecule has 0 fully saturated rings. The molecule has 0 aliphatic rings. The van der Waals surface area contributed by atoms with Crippen molar-refractivity contribution in [2.75, 3.05) is 13.2 Å². The molecule has 11 heteroatoms. The van der Waals surface area contributed by atoms with Gasteiger partial charge < -0.3 is 10.4 Å². The summed E-state index contributed by atoms with van der Waals surface area (Å²) >= 11 is 35.1. The van der Waals surface area contributed by atoms with E-state index in [1.165, 1.54) is 0 Å². The van der Waals surface area contributed by atoms with Crippen molar-refractivity contribution in [3.05, 3.63) is 41.5 Å². The van der Waals surface area contributed by atoms with Crippen LogP contribution in [0, 0.1) is 0 Å². The number of hydrogen-bond donors (Lipinski definition) is 2. The van der Waals surface area contributed by atoms with Crippen LogP contribution in [0.1, 0.15) is 17.2 Å².